The molecule has 1 aromatic heterocycles. The molecule has 3 aromatic rings. The second kappa shape index (κ2) is 8.26. The van der Waals surface area contributed by atoms with E-state index in [4.69, 9.17) is 0 Å². The normalized spacial score (nSPS) is 15.5. The highest BCUT2D eigenvalue weighted by Gasteiger charge is 2.36. The van der Waals surface area contributed by atoms with Crippen molar-refractivity contribution < 1.29 is 28.6 Å². The highest BCUT2D eigenvalue weighted by molar-refractivity contribution is 5.97. The summed E-state index contributed by atoms with van der Waals surface area (Å²) in [5.74, 6) is -4.84. The van der Waals surface area contributed by atoms with Gasteiger partial charge in [0.25, 0.3) is 5.91 Å². The Morgan fingerprint density at radius 2 is 1.81 bits per heavy atom. The van der Waals surface area contributed by atoms with Crippen molar-refractivity contribution in [2.24, 2.45) is 0 Å². The molecule has 32 heavy (non-hydrogen) atoms. The number of aromatic nitrogens is 1. The largest absolute Gasteiger partial charge is 0.503 e. The molecule has 0 bridgehead atoms. The zero-order chi connectivity index (χ0) is 23.0. The molecule has 0 spiro atoms. The van der Waals surface area contributed by atoms with Gasteiger partial charge in [0.1, 0.15) is 17.2 Å². The fourth-order valence-corrected chi connectivity index (χ4v) is 3.89. The number of amides is 1. The topological polar surface area (TPSA) is 99.8 Å². The zero-order valence-electron chi connectivity index (χ0n) is 16.7. The first kappa shape index (κ1) is 21.2. The summed E-state index contributed by atoms with van der Waals surface area (Å²) >= 11 is 0. The number of aromatic carboxylic acids is 1. The van der Waals surface area contributed by atoms with Crippen molar-refractivity contribution in [1.29, 1.82) is 0 Å². The number of carbonyl (C=O) groups excluding carboxylic acids is 1. The molecule has 164 valence electrons. The highest BCUT2D eigenvalue weighted by Crippen LogP contribution is 2.30. The van der Waals surface area contributed by atoms with Crippen LogP contribution < -0.4 is 5.43 Å². The van der Waals surface area contributed by atoms with Gasteiger partial charge in [-0.1, -0.05) is 36.4 Å². The molecule has 0 fully saturated rings. The molecule has 1 amide bonds. The van der Waals surface area contributed by atoms with E-state index >= 15 is 0 Å². The summed E-state index contributed by atoms with van der Waals surface area (Å²) in [5.41, 5.74) is -1.26. The molecule has 1 aliphatic heterocycles. The predicted molar refractivity (Wildman–Crippen MR) is 110 cm³/mol. The van der Waals surface area contributed by atoms with Crippen LogP contribution in [-0.4, -0.2) is 38.1 Å². The molecule has 1 unspecified atom stereocenters. The van der Waals surface area contributed by atoms with Crippen LogP contribution in [0, 0.1) is 11.6 Å². The van der Waals surface area contributed by atoms with Gasteiger partial charge in [-0.15, -0.1) is 0 Å². The van der Waals surface area contributed by atoms with Gasteiger partial charge in [0, 0.05) is 30.9 Å². The second-order valence-electron chi connectivity index (χ2n) is 7.55. The minimum atomic E-state index is -1.53. The number of nitrogens with zero attached hydrogens (tertiary/aromatic N) is 2. The van der Waals surface area contributed by atoms with Crippen LogP contribution in [0.15, 0.2) is 59.5 Å². The first-order valence-corrected chi connectivity index (χ1v) is 9.74. The van der Waals surface area contributed by atoms with Gasteiger partial charge in [-0.25, -0.2) is 13.6 Å². The van der Waals surface area contributed by atoms with E-state index in [-0.39, 0.29) is 24.3 Å². The van der Waals surface area contributed by atoms with Gasteiger partial charge in [0.2, 0.25) is 5.43 Å². The Labute approximate surface area is 180 Å². The minimum absolute atomic E-state index is 0.0545. The van der Waals surface area contributed by atoms with Crippen LogP contribution in [0.4, 0.5) is 8.78 Å². The van der Waals surface area contributed by atoms with E-state index in [2.05, 4.69) is 0 Å². The first-order valence-electron chi connectivity index (χ1n) is 9.74. The Morgan fingerprint density at radius 3 is 2.47 bits per heavy atom. The lowest BCUT2D eigenvalue weighted by Gasteiger charge is -2.36. The van der Waals surface area contributed by atoms with Crippen molar-refractivity contribution in [3.05, 3.63) is 99.0 Å². The molecule has 4 rings (SSSR count). The Bertz CT molecular complexity index is 1270. The quantitative estimate of drug-likeness (QED) is 0.636. The fourth-order valence-electron chi connectivity index (χ4n) is 3.89. The fraction of sp³-hybridized carbons (Fsp3) is 0.174. The monoisotopic (exact) mass is 440 g/mol. The Morgan fingerprint density at radius 1 is 1.09 bits per heavy atom. The lowest BCUT2D eigenvalue weighted by molar-refractivity contribution is 0.0630. The predicted octanol–water partition coefficient (Wildman–Crippen LogP) is 2.97. The molecule has 0 radical (unpaired) electrons. The van der Waals surface area contributed by atoms with Crippen LogP contribution in [0.1, 0.15) is 38.0 Å². The average Bonchev–Trinajstić information content (AvgIpc) is 2.75. The Balaban J connectivity index is 1.80. The van der Waals surface area contributed by atoms with Gasteiger partial charge < -0.3 is 19.7 Å². The number of hydrogen-bond acceptors (Lipinski definition) is 4. The summed E-state index contributed by atoms with van der Waals surface area (Å²) < 4.78 is 28.8. The summed E-state index contributed by atoms with van der Waals surface area (Å²) in [6.45, 7) is -0.163. The maximum absolute atomic E-state index is 14.2. The third kappa shape index (κ3) is 3.84. The summed E-state index contributed by atoms with van der Waals surface area (Å²) in [4.78, 5) is 38.2. The lowest BCUT2D eigenvalue weighted by Crippen LogP contribution is -2.45. The number of hydrogen-bond donors (Lipinski definition) is 2. The molecule has 1 aliphatic rings. The van der Waals surface area contributed by atoms with Crippen LogP contribution in [0.25, 0.3) is 0 Å². The summed E-state index contributed by atoms with van der Waals surface area (Å²) in [5, 5.41) is 19.8. The third-order valence-corrected chi connectivity index (χ3v) is 5.45. The van der Waals surface area contributed by atoms with E-state index in [1.807, 2.05) is 30.3 Å². The van der Waals surface area contributed by atoms with Gasteiger partial charge >= 0.3 is 5.97 Å². The van der Waals surface area contributed by atoms with Crippen molar-refractivity contribution in [3.63, 3.8) is 0 Å². The van der Waals surface area contributed by atoms with Gasteiger partial charge in [0.15, 0.2) is 11.4 Å². The SMILES string of the molecule is O=C(O)c1cn2c(c(O)c1=O)C(=O)N(Cc1ccc(F)cc1F)CC2Cc1ccccc1. The number of aromatic hydroxyl groups is 1. The molecule has 0 saturated heterocycles. The van der Waals surface area contributed by atoms with Gasteiger partial charge in [-0.2, -0.15) is 0 Å². The number of carboxylic acid groups (broad SMARTS) is 1. The van der Waals surface area contributed by atoms with Crippen LogP contribution in [-0.2, 0) is 13.0 Å². The van der Waals surface area contributed by atoms with E-state index < -0.39 is 46.3 Å². The van der Waals surface area contributed by atoms with Crippen LogP contribution in [0.2, 0.25) is 0 Å². The van der Waals surface area contributed by atoms with Crippen molar-refractivity contribution in [2.45, 2.75) is 19.0 Å². The van der Waals surface area contributed by atoms with Gasteiger partial charge in [0.05, 0.1) is 6.04 Å². The van der Waals surface area contributed by atoms with Crippen molar-refractivity contribution in [1.82, 2.24) is 9.47 Å². The smallest absolute Gasteiger partial charge is 0.341 e. The standard InChI is InChI=1S/C23H18F2N2O5/c24-15-7-6-14(18(25)9-15)10-26-11-16(8-13-4-2-1-3-5-13)27-12-17(23(31)32)20(28)21(29)19(27)22(26)30/h1-7,9,12,16,29H,8,10-11H2,(H,31,32). The van der Waals surface area contributed by atoms with Crippen LogP contribution >= 0.6 is 0 Å². The minimum Gasteiger partial charge on any atom is -0.503 e. The molecule has 2 aromatic carbocycles. The molecule has 1 atom stereocenters. The van der Waals surface area contributed by atoms with Gasteiger partial charge in [-0.05, 0) is 18.1 Å². The molecule has 7 nitrogen and oxygen atoms in total. The number of carboxylic acids is 1. The summed E-state index contributed by atoms with van der Waals surface area (Å²) in [7, 11) is 0. The highest BCUT2D eigenvalue weighted by atomic mass is 19.1. The number of pyridine rings is 1. The molecular weight excluding hydrogens is 422 g/mol. The van der Waals surface area contributed by atoms with E-state index in [9.17, 15) is 33.4 Å². The van der Waals surface area contributed by atoms with Crippen LogP contribution in [0.5, 0.6) is 5.75 Å². The second-order valence-corrected chi connectivity index (χ2v) is 7.55. The van der Waals surface area contributed by atoms with Gasteiger partial charge in [-0.3, -0.25) is 9.59 Å². The molecule has 2 N–H and O–H groups in total. The molecule has 0 aliphatic carbocycles. The molecule has 2 heterocycles. The van der Waals surface area contributed by atoms with E-state index in [0.717, 1.165) is 17.8 Å². The number of rotatable bonds is 5. The third-order valence-electron chi connectivity index (χ3n) is 5.45. The number of benzene rings is 2. The van der Waals surface area contributed by atoms with Crippen LogP contribution in [0.3, 0.4) is 0 Å². The van der Waals surface area contributed by atoms with Crippen molar-refractivity contribution in [3.8, 4) is 5.75 Å². The molecule has 9 heteroatoms. The Hall–Kier alpha value is -4.01. The number of halogens is 2. The van der Waals surface area contributed by atoms with Crippen molar-refractivity contribution in [2.75, 3.05) is 6.54 Å². The molecular formula is C23H18F2N2O5. The maximum atomic E-state index is 14.2. The van der Waals surface area contributed by atoms with E-state index in [1.165, 1.54) is 15.5 Å². The average molecular weight is 440 g/mol. The maximum Gasteiger partial charge on any atom is 0.341 e. The number of fused-ring (bicyclic) bond motifs is 1. The molecule has 0 saturated carbocycles. The first-order chi connectivity index (χ1) is 15.3. The number of carbonyl (C=O) groups is 2. The van der Waals surface area contributed by atoms with E-state index in [0.29, 0.717) is 12.5 Å². The summed E-state index contributed by atoms with van der Waals surface area (Å²) in [6, 6.07) is 11.6. The summed E-state index contributed by atoms with van der Waals surface area (Å²) in [6.07, 6.45) is 1.41. The van der Waals surface area contributed by atoms with Crippen molar-refractivity contribution >= 4 is 11.9 Å². The van der Waals surface area contributed by atoms with E-state index in [1.54, 1.807) is 0 Å². The Kier molecular flexibility index (Phi) is 5.48. The zero-order valence-corrected chi connectivity index (χ0v) is 16.7. The lowest BCUT2D eigenvalue weighted by atomic mass is 10.00.